The molecule has 0 saturated carbocycles. The van der Waals surface area contributed by atoms with Gasteiger partial charge in [-0.1, -0.05) is 17.7 Å². The fourth-order valence-corrected chi connectivity index (χ4v) is 2.68. The van der Waals surface area contributed by atoms with Crippen LogP contribution in [0.5, 0.6) is 11.5 Å². The van der Waals surface area contributed by atoms with Gasteiger partial charge < -0.3 is 20.1 Å². The van der Waals surface area contributed by atoms with Crippen LogP contribution in [0.4, 0.5) is 23.7 Å². The highest BCUT2D eigenvalue weighted by molar-refractivity contribution is 6.31. The van der Waals surface area contributed by atoms with Gasteiger partial charge in [-0.2, -0.15) is 13.2 Å². The van der Waals surface area contributed by atoms with Gasteiger partial charge in [-0.15, -0.1) is 0 Å². The Hall–Kier alpha value is -2.61. The van der Waals surface area contributed by atoms with Gasteiger partial charge in [0.25, 0.3) is 0 Å². The number of alkyl halides is 3. The minimum Gasteiger partial charge on any atom is -0.493 e. The number of carbonyl (C=O) groups is 1. The summed E-state index contributed by atoms with van der Waals surface area (Å²) < 4.78 is 49.3. The van der Waals surface area contributed by atoms with E-state index in [4.69, 9.17) is 21.1 Å². The monoisotopic (exact) mass is 416 g/mol. The lowest BCUT2D eigenvalue weighted by Crippen LogP contribution is -2.30. The number of amides is 2. The zero-order valence-electron chi connectivity index (χ0n) is 15.3. The second-order valence-corrected chi connectivity index (χ2v) is 6.15. The van der Waals surface area contributed by atoms with E-state index in [1.807, 2.05) is 13.0 Å². The molecule has 152 valence electrons. The van der Waals surface area contributed by atoms with E-state index in [-0.39, 0.29) is 12.2 Å². The molecule has 0 aliphatic carbocycles. The summed E-state index contributed by atoms with van der Waals surface area (Å²) in [7, 11) is 1.54. The van der Waals surface area contributed by atoms with E-state index >= 15 is 0 Å². The van der Waals surface area contributed by atoms with Crippen LogP contribution in [0.25, 0.3) is 0 Å². The van der Waals surface area contributed by atoms with Crippen LogP contribution in [-0.4, -0.2) is 26.3 Å². The maximum Gasteiger partial charge on any atom is 0.417 e. The average Bonchev–Trinajstić information content (AvgIpc) is 2.63. The predicted octanol–water partition coefficient (Wildman–Crippen LogP) is 5.13. The number of benzene rings is 2. The molecule has 0 aliphatic heterocycles. The van der Waals surface area contributed by atoms with E-state index in [1.54, 1.807) is 12.1 Å². The van der Waals surface area contributed by atoms with Crippen molar-refractivity contribution < 1.29 is 27.4 Å². The van der Waals surface area contributed by atoms with Crippen molar-refractivity contribution in [3.05, 3.63) is 52.5 Å². The van der Waals surface area contributed by atoms with E-state index in [0.717, 1.165) is 17.7 Å². The van der Waals surface area contributed by atoms with Crippen molar-refractivity contribution in [2.75, 3.05) is 25.6 Å². The number of rotatable bonds is 7. The molecule has 0 saturated heterocycles. The van der Waals surface area contributed by atoms with Crippen molar-refractivity contribution in [1.29, 1.82) is 0 Å². The first-order chi connectivity index (χ1) is 13.2. The van der Waals surface area contributed by atoms with Gasteiger partial charge in [0, 0.05) is 12.2 Å². The first-order valence-electron chi connectivity index (χ1n) is 8.46. The lowest BCUT2D eigenvalue weighted by Gasteiger charge is -2.13. The Morgan fingerprint density at radius 2 is 1.89 bits per heavy atom. The fourth-order valence-electron chi connectivity index (χ4n) is 2.46. The van der Waals surface area contributed by atoms with Crippen LogP contribution >= 0.6 is 11.6 Å². The number of ether oxygens (including phenoxy) is 2. The summed E-state index contributed by atoms with van der Waals surface area (Å²) in [5.74, 6) is 1.22. The number of carbonyl (C=O) groups excluding carboxylic acids is 1. The number of urea groups is 1. The summed E-state index contributed by atoms with van der Waals surface area (Å²) in [6.45, 7) is 2.66. The van der Waals surface area contributed by atoms with Crippen LogP contribution < -0.4 is 20.1 Å². The van der Waals surface area contributed by atoms with E-state index in [0.29, 0.717) is 24.5 Å². The fraction of sp³-hybridized carbons (Fsp3) is 0.316. The molecule has 2 rings (SSSR count). The van der Waals surface area contributed by atoms with Crippen LogP contribution in [0.2, 0.25) is 5.02 Å². The minimum absolute atomic E-state index is 0.00281. The number of anilines is 1. The highest BCUT2D eigenvalue weighted by atomic mass is 35.5. The predicted molar refractivity (Wildman–Crippen MR) is 101 cm³/mol. The molecule has 0 radical (unpaired) electrons. The lowest BCUT2D eigenvalue weighted by atomic mass is 10.1. The molecule has 9 heteroatoms. The van der Waals surface area contributed by atoms with Crippen LogP contribution in [-0.2, 0) is 12.6 Å². The Labute approximate surface area is 165 Å². The molecule has 0 aliphatic rings. The minimum atomic E-state index is -4.60. The zero-order chi connectivity index (χ0) is 20.7. The molecule has 0 heterocycles. The Kier molecular flexibility index (Phi) is 7.39. The third kappa shape index (κ3) is 5.95. The summed E-state index contributed by atoms with van der Waals surface area (Å²) in [6, 6.07) is 8.00. The Morgan fingerprint density at radius 1 is 1.14 bits per heavy atom. The first kappa shape index (κ1) is 21.7. The third-order valence-electron chi connectivity index (χ3n) is 3.76. The average molecular weight is 417 g/mol. The highest BCUT2D eigenvalue weighted by Gasteiger charge is 2.33. The van der Waals surface area contributed by atoms with Gasteiger partial charge in [0.05, 0.1) is 24.3 Å². The molecule has 0 bridgehead atoms. The van der Waals surface area contributed by atoms with Gasteiger partial charge in [0.2, 0.25) is 0 Å². The molecular formula is C19H20ClF3N2O3. The highest BCUT2D eigenvalue weighted by Crippen LogP contribution is 2.36. The number of hydrogen-bond acceptors (Lipinski definition) is 3. The summed E-state index contributed by atoms with van der Waals surface area (Å²) in [6.07, 6.45) is -4.09. The maximum absolute atomic E-state index is 12.9. The SMILES string of the molecule is CCOc1ccc(CCNC(=O)Nc2ccc(Cl)c(C(F)(F)F)c2)cc1OC. The number of halogens is 4. The summed E-state index contributed by atoms with van der Waals surface area (Å²) in [5.41, 5.74) is -0.100. The maximum atomic E-state index is 12.9. The van der Waals surface area contributed by atoms with E-state index in [2.05, 4.69) is 10.6 Å². The molecular weight excluding hydrogens is 397 g/mol. The molecule has 28 heavy (non-hydrogen) atoms. The molecule has 5 nitrogen and oxygen atoms in total. The molecule has 2 aromatic rings. The Balaban J connectivity index is 1.91. The van der Waals surface area contributed by atoms with Crippen LogP contribution in [0.3, 0.4) is 0 Å². The van der Waals surface area contributed by atoms with Gasteiger partial charge >= 0.3 is 12.2 Å². The number of methoxy groups -OCH3 is 1. The third-order valence-corrected chi connectivity index (χ3v) is 4.09. The second-order valence-electron chi connectivity index (χ2n) is 5.74. The molecule has 2 N–H and O–H groups in total. The van der Waals surface area contributed by atoms with Gasteiger partial charge in [-0.25, -0.2) is 4.79 Å². The normalized spacial score (nSPS) is 11.1. The standard InChI is InChI=1S/C19H20ClF3N2O3/c1-3-28-16-7-4-12(10-17(16)27-2)8-9-24-18(26)25-13-5-6-15(20)14(11-13)19(21,22)23/h4-7,10-11H,3,8-9H2,1-2H3,(H2,24,25,26). The second kappa shape index (κ2) is 9.54. The van der Waals surface area contributed by atoms with Crippen LogP contribution in [0, 0.1) is 0 Å². The van der Waals surface area contributed by atoms with Gasteiger partial charge in [-0.05, 0) is 49.2 Å². The molecule has 0 atom stereocenters. The van der Waals surface area contributed by atoms with Crippen molar-refractivity contribution in [2.45, 2.75) is 19.5 Å². The van der Waals surface area contributed by atoms with Crippen molar-refractivity contribution in [3.63, 3.8) is 0 Å². The molecule has 0 aromatic heterocycles. The zero-order valence-corrected chi connectivity index (χ0v) is 16.1. The van der Waals surface area contributed by atoms with Crippen molar-refractivity contribution in [3.8, 4) is 11.5 Å². The van der Waals surface area contributed by atoms with Gasteiger partial charge in [0.1, 0.15) is 0 Å². The number of hydrogen-bond donors (Lipinski definition) is 2. The lowest BCUT2D eigenvalue weighted by molar-refractivity contribution is -0.137. The summed E-state index contributed by atoms with van der Waals surface area (Å²) in [5, 5.41) is 4.53. The van der Waals surface area contributed by atoms with Gasteiger partial charge in [-0.3, -0.25) is 0 Å². The summed E-state index contributed by atoms with van der Waals surface area (Å²) >= 11 is 5.56. The van der Waals surface area contributed by atoms with E-state index in [9.17, 15) is 18.0 Å². The molecule has 2 aromatic carbocycles. The van der Waals surface area contributed by atoms with Crippen LogP contribution in [0.1, 0.15) is 18.1 Å². The first-order valence-corrected chi connectivity index (χ1v) is 8.83. The van der Waals surface area contributed by atoms with Crippen molar-refractivity contribution in [2.24, 2.45) is 0 Å². The van der Waals surface area contributed by atoms with E-state index in [1.165, 1.54) is 13.2 Å². The number of nitrogens with one attached hydrogen (secondary N) is 2. The largest absolute Gasteiger partial charge is 0.493 e. The Morgan fingerprint density at radius 3 is 2.54 bits per heavy atom. The Bertz CT molecular complexity index is 829. The van der Waals surface area contributed by atoms with Crippen molar-refractivity contribution in [1.82, 2.24) is 5.32 Å². The topological polar surface area (TPSA) is 59.6 Å². The molecule has 0 fully saturated rings. The molecule has 0 unspecified atom stereocenters. The molecule has 0 spiro atoms. The van der Waals surface area contributed by atoms with Gasteiger partial charge in [0.15, 0.2) is 11.5 Å². The smallest absolute Gasteiger partial charge is 0.417 e. The van der Waals surface area contributed by atoms with Crippen LogP contribution in [0.15, 0.2) is 36.4 Å². The quantitative estimate of drug-likeness (QED) is 0.657. The van der Waals surface area contributed by atoms with E-state index < -0.39 is 22.8 Å². The summed E-state index contributed by atoms with van der Waals surface area (Å²) in [4.78, 5) is 11.9. The van der Waals surface area contributed by atoms with Crippen molar-refractivity contribution >= 4 is 23.3 Å². The molecule has 2 amide bonds.